The molecule has 2 nitrogen and oxygen atoms in total. The normalized spacial score (nSPS) is 18.2. The molecule has 0 N–H and O–H groups in total. The minimum atomic E-state index is -0.316. The van der Waals surface area contributed by atoms with E-state index in [1.54, 1.807) is 18.2 Å². The van der Waals surface area contributed by atoms with Crippen LogP contribution in [0.2, 0.25) is 5.02 Å². The number of hydrogen-bond donors (Lipinski definition) is 0. The lowest BCUT2D eigenvalue weighted by Crippen LogP contribution is -2.34. The summed E-state index contributed by atoms with van der Waals surface area (Å²) in [6.45, 7) is 1.37. The Labute approximate surface area is 151 Å². The molecule has 0 saturated carbocycles. The Bertz CT molecular complexity index is 724. The molecule has 0 aromatic heterocycles. The second kappa shape index (κ2) is 8.04. The molecule has 1 aliphatic heterocycles. The van der Waals surface area contributed by atoms with Crippen molar-refractivity contribution in [1.82, 2.24) is 4.90 Å². The highest BCUT2D eigenvalue weighted by molar-refractivity contribution is 7.99. The molecule has 24 heavy (non-hydrogen) atoms. The van der Waals surface area contributed by atoms with Crippen LogP contribution in [0.15, 0.2) is 48.5 Å². The molecule has 0 spiro atoms. The van der Waals surface area contributed by atoms with Gasteiger partial charge in [0.15, 0.2) is 0 Å². The SMILES string of the molecule is O=C(Cc1ccccc1F)N1CCS[C@H](c2ccccc2Cl)CC1. The lowest BCUT2D eigenvalue weighted by molar-refractivity contribution is -0.130. The summed E-state index contributed by atoms with van der Waals surface area (Å²) >= 11 is 8.13. The van der Waals surface area contributed by atoms with Gasteiger partial charge in [0.2, 0.25) is 5.91 Å². The molecule has 1 aliphatic rings. The zero-order chi connectivity index (χ0) is 16.9. The van der Waals surface area contributed by atoms with Gasteiger partial charge in [-0.3, -0.25) is 4.79 Å². The van der Waals surface area contributed by atoms with Gasteiger partial charge in [-0.2, -0.15) is 11.8 Å². The molecule has 5 heteroatoms. The Morgan fingerprint density at radius 3 is 2.71 bits per heavy atom. The van der Waals surface area contributed by atoms with Crippen LogP contribution in [0.1, 0.15) is 22.8 Å². The first kappa shape index (κ1) is 17.3. The van der Waals surface area contributed by atoms with Crippen molar-refractivity contribution in [2.24, 2.45) is 0 Å². The summed E-state index contributed by atoms with van der Waals surface area (Å²) in [4.78, 5) is 14.4. The molecule has 1 saturated heterocycles. The number of amides is 1. The first-order valence-corrected chi connectivity index (χ1v) is 9.45. The highest BCUT2D eigenvalue weighted by Crippen LogP contribution is 2.37. The third kappa shape index (κ3) is 4.11. The maximum Gasteiger partial charge on any atom is 0.227 e. The second-order valence-electron chi connectivity index (χ2n) is 5.82. The van der Waals surface area contributed by atoms with Gasteiger partial charge in [-0.25, -0.2) is 4.39 Å². The average molecular weight is 364 g/mol. The fraction of sp³-hybridized carbons (Fsp3) is 0.316. The standard InChI is InChI=1S/C19H19ClFNOS/c20-16-7-3-2-6-15(16)18-9-10-22(11-12-24-18)19(23)13-14-5-1-4-8-17(14)21/h1-8,18H,9-13H2/t18-/m0/s1. The average Bonchev–Trinajstić information content (AvgIpc) is 2.83. The predicted octanol–water partition coefficient (Wildman–Crippen LogP) is 4.73. The number of nitrogens with zero attached hydrogens (tertiary/aromatic N) is 1. The van der Waals surface area contributed by atoms with Crippen LogP contribution in [0.25, 0.3) is 0 Å². The monoisotopic (exact) mass is 363 g/mol. The number of benzene rings is 2. The van der Waals surface area contributed by atoms with E-state index in [1.807, 2.05) is 34.9 Å². The van der Waals surface area contributed by atoms with E-state index in [0.29, 0.717) is 23.9 Å². The summed E-state index contributed by atoms with van der Waals surface area (Å²) in [7, 11) is 0. The largest absolute Gasteiger partial charge is 0.342 e. The molecular formula is C19H19ClFNOS. The van der Waals surface area contributed by atoms with Gasteiger partial charge in [-0.15, -0.1) is 0 Å². The van der Waals surface area contributed by atoms with Crippen LogP contribution >= 0.6 is 23.4 Å². The zero-order valence-electron chi connectivity index (χ0n) is 13.3. The number of hydrogen-bond acceptors (Lipinski definition) is 2. The van der Waals surface area contributed by atoms with Gasteiger partial charge in [0.1, 0.15) is 5.82 Å². The number of thioether (sulfide) groups is 1. The Morgan fingerprint density at radius 1 is 1.17 bits per heavy atom. The molecular weight excluding hydrogens is 345 g/mol. The molecule has 2 aromatic carbocycles. The topological polar surface area (TPSA) is 20.3 Å². The Kier molecular flexibility index (Phi) is 5.80. The van der Waals surface area contributed by atoms with E-state index in [0.717, 1.165) is 22.8 Å². The van der Waals surface area contributed by atoms with Crippen molar-refractivity contribution < 1.29 is 9.18 Å². The fourth-order valence-electron chi connectivity index (χ4n) is 2.92. The number of halogens is 2. The van der Waals surface area contributed by atoms with Gasteiger partial charge >= 0.3 is 0 Å². The lowest BCUT2D eigenvalue weighted by Gasteiger charge is -2.20. The fourth-order valence-corrected chi connectivity index (χ4v) is 4.52. The van der Waals surface area contributed by atoms with E-state index in [-0.39, 0.29) is 18.1 Å². The minimum absolute atomic E-state index is 0.0134. The Balaban J connectivity index is 1.64. The maximum atomic E-state index is 13.7. The van der Waals surface area contributed by atoms with Gasteiger partial charge in [0.25, 0.3) is 0 Å². The van der Waals surface area contributed by atoms with Crippen LogP contribution in [0.5, 0.6) is 0 Å². The summed E-state index contributed by atoms with van der Waals surface area (Å²) in [6, 6.07) is 14.4. The number of rotatable bonds is 3. The summed E-state index contributed by atoms with van der Waals surface area (Å²) in [5.74, 6) is 0.531. The molecule has 1 amide bonds. The van der Waals surface area contributed by atoms with Crippen LogP contribution in [0, 0.1) is 5.82 Å². The molecule has 0 unspecified atom stereocenters. The molecule has 1 fully saturated rings. The molecule has 1 heterocycles. The van der Waals surface area contributed by atoms with E-state index in [9.17, 15) is 9.18 Å². The highest BCUT2D eigenvalue weighted by atomic mass is 35.5. The van der Waals surface area contributed by atoms with Crippen LogP contribution in [-0.2, 0) is 11.2 Å². The molecule has 0 aliphatic carbocycles. The maximum absolute atomic E-state index is 13.7. The van der Waals surface area contributed by atoms with Gasteiger partial charge in [-0.1, -0.05) is 48.0 Å². The summed E-state index contributed by atoms with van der Waals surface area (Å²) < 4.78 is 13.7. The molecule has 0 bridgehead atoms. The van der Waals surface area contributed by atoms with Crippen molar-refractivity contribution in [3.8, 4) is 0 Å². The zero-order valence-corrected chi connectivity index (χ0v) is 14.8. The third-order valence-electron chi connectivity index (χ3n) is 4.25. The van der Waals surface area contributed by atoms with Gasteiger partial charge < -0.3 is 4.90 Å². The second-order valence-corrected chi connectivity index (χ2v) is 7.54. The smallest absolute Gasteiger partial charge is 0.227 e. The highest BCUT2D eigenvalue weighted by Gasteiger charge is 2.23. The number of carbonyl (C=O) groups excluding carboxylic acids is 1. The molecule has 126 valence electrons. The molecule has 1 atom stereocenters. The first-order valence-electron chi connectivity index (χ1n) is 8.02. The van der Waals surface area contributed by atoms with Crippen molar-refractivity contribution in [2.45, 2.75) is 18.1 Å². The number of carbonyl (C=O) groups is 1. The minimum Gasteiger partial charge on any atom is -0.342 e. The summed E-state index contributed by atoms with van der Waals surface area (Å²) in [5.41, 5.74) is 1.59. The quantitative estimate of drug-likeness (QED) is 0.785. The Hall–Kier alpha value is -1.52. The van der Waals surface area contributed by atoms with Crippen LogP contribution in [0.4, 0.5) is 4.39 Å². The summed E-state index contributed by atoms with van der Waals surface area (Å²) in [6.07, 6.45) is 0.978. The van der Waals surface area contributed by atoms with Crippen molar-refractivity contribution >= 4 is 29.3 Å². The van der Waals surface area contributed by atoms with E-state index in [4.69, 9.17) is 11.6 Å². The molecule has 3 rings (SSSR count). The van der Waals surface area contributed by atoms with Crippen LogP contribution in [0.3, 0.4) is 0 Å². The van der Waals surface area contributed by atoms with Gasteiger partial charge in [0, 0.05) is 29.1 Å². The van der Waals surface area contributed by atoms with Crippen LogP contribution in [-0.4, -0.2) is 29.6 Å². The molecule has 0 radical (unpaired) electrons. The van der Waals surface area contributed by atoms with Crippen molar-refractivity contribution in [2.75, 3.05) is 18.8 Å². The lowest BCUT2D eigenvalue weighted by atomic mass is 10.1. The summed E-state index contributed by atoms with van der Waals surface area (Å²) in [5, 5.41) is 1.08. The van der Waals surface area contributed by atoms with E-state index < -0.39 is 0 Å². The third-order valence-corrected chi connectivity index (χ3v) is 5.90. The predicted molar refractivity (Wildman–Crippen MR) is 98.0 cm³/mol. The molecule has 2 aromatic rings. The van der Waals surface area contributed by atoms with E-state index >= 15 is 0 Å². The van der Waals surface area contributed by atoms with Crippen molar-refractivity contribution in [3.05, 3.63) is 70.5 Å². The Morgan fingerprint density at radius 2 is 1.92 bits per heavy atom. The first-order chi connectivity index (χ1) is 11.6. The van der Waals surface area contributed by atoms with Gasteiger partial charge in [-0.05, 0) is 29.7 Å². The van der Waals surface area contributed by atoms with E-state index in [2.05, 4.69) is 6.07 Å². The van der Waals surface area contributed by atoms with E-state index in [1.165, 1.54) is 6.07 Å². The van der Waals surface area contributed by atoms with Crippen molar-refractivity contribution in [1.29, 1.82) is 0 Å². The van der Waals surface area contributed by atoms with Crippen LogP contribution < -0.4 is 0 Å². The van der Waals surface area contributed by atoms with Gasteiger partial charge in [0.05, 0.1) is 6.42 Å². The van der Waals surface area contributed by atoms with Crippen molar-refractivity contribution in [3.63, 3.8) is 0 Å².